The zero-order valence-corrected chi connectivity index (χ0v) is 16.2. The standard InChI is InChI=1S/C22H27N5O/c28-22-18-9-3-4-10-19(18)24-21(27(22)17-7-1-2-8-17)20-11-5-13-25(20)15-16-26-14-6-12-23-26/h3-4,6,9-10,12,14,17,20H,1-2,5,7-8,11,13,15-16H2. The molecule has 0 amide bonds. The maximum Gasteiger partial charge on any atom is 0.261 e. The number of hydrogen-bond donors (Lipinski definition) is 0. The average molecular weight is 377 g/mol. The molecule has 0 radical (unpaired) electrons. The van der Waals surface area contributed by atoms with Crippen molar-refractivity contribution in [2.75, 3.05) is 13.1 Å². The highest BCUT2D eigenvalue weighted by Gasteiger charge is 2.32. The molecule has 6 heteroatoms. The fourth-order valence-corrected chi connectivity index (χ4v) is 4.96. The largest absolute Gasteiger partial charge is 0.292 e. The Morgan fingerprint density at radius 1 is 1.00 bits per heavy atom. The third kappa shape index (κ3) is 3.15. The van der Waals surface area contributed by atoms with Crippen LogP contribution in [-0.2, 0) is 6.54 Å². The minimum atomic E-state index is 0.145. The molecule has 1 saturated heterocycles. The molecule has 0 bridgehead atoms. The van der Waals surface area contributed by atoms with Crippen molar-refractivity contribution in [1.29, 1.82) is 0 Å². The first-order valence-corrected chi connectivity index (χ1v) is 10.5. The van der Waals surface area contributed by atoms with Crippen LogP contribution in [0.4, 0.5) is 0 Å². The molecule has 1 unspecified atom stereocenters. The fraction of sp³-hybridized carbons (Fsp3) is 0.500. The van der Waals surface area contributed by atoms with Gasteiger partial charge in [0.05, 0.1) is 23.5 Å². The number of rotatable bonds is 5. The molecule has 3 aromatic rings. The average Bonchev–Trinajstić information content (AvgIpc) is 3.48. The summed E-state index contributed by atoms with van der Waals surface area (Å²) in [4.78, 5) is 21.0. The van der Waals surface area contributed by atoms with E-state index in [4.69, 9.17) is 4.98 Å². The molecule has 0 spiro atoms. The molecule has 1 aliphatic heterocycles. The predicted octanol–water partition coefficient (Wildman–Crippen LogP) is 3.55. The van der Waals surface area contributed by atoms with Gasteiger partial charge in [0.1, 0.15) is 5.82 Å². The summed E-state index contributed by atoms with van der Waals surface area (Å²) < 4.78 is 4.04. The molecule has 2 aliphatic rings. The Morgan fingerprint density at radius 3 is 2.68 bits per heavy atom. The van der Waals surface area contributed by atoms with Gasteiger partial charge in [-0.15, -0.1) is 0 Å². The predicted molar refractivity (Wildman–Crippen MR) is 109 cm³/mol. The van der Waals surface area contributed by atoms with Crippen LogP contribution in [0.5, 0.6) is 0 Å². The topological polar surface area (TPSA) is 56.0 Å². The van der Waals surface area contributed by atoms with Crippen molar-refractivity contribution in [1.82, 2.24) is 24.2 Å². The van der Waals surface area contributed by atoms with Crippen LogP contribution in [0.1, 0.15) is 56.4 Å². The fourth-order valence-electron chi connectivity index (χ4n) is 4.96. The van der Waals surface area contributed by atoms with E-state index in [0.717, 1.165) is 62.0 Å². The van der Waals surface area contributed by atoms with Gasteiger partial charge >= 0.3 is 0 Å². The molecule has 1 atom stereocenters. The minimum Gasteiger partial charge on any atom is -0.292 e. The minimum absolute atomic E-state index is 0.145. The second-order valence-electron chi connectivity index (χ2n) is 8.06. The lowest BCUT2D eigenvalue weighted by atomic mass is 10.1. The Hall–Kier alpha value is -2.47. The van der Waals surface area contributed by atoms with Crippen LogP contribution in [0.2, 0.25) is 0 Å². The highest BCUT2D eigenvalue weighted by atomic mass is 16.1. The number of hydrogen-bond acceptors (Lipinski definition) is 4. The molecule has 5 rings (SSSR count). The van der Waals surface area contributed by atoms with E-state index in [0.29, 0.717) is 6.04 Å². The molecule has 28 heavy (non-hydrogen) atoms. The van der Waals surface area contributed by atoms with Crippen LogP contribution in [0, 0.1) is 0 Å². The summed E-state index contributed by atoms with van der Waals surface area (Å²) in [5, 5.41) is 5.08. The smallest absolute Gasteiger partial charge is 0.261 e. The molecule has 1 saturated carbocycles. The van der Waals surface area contributed by atoms with Crippen LogP contribution in [0.15, 0.2) is 47.5 Å². The van der Waals surface area contributed by atoms with Crippen molar-refractivity contribution in [2.45, 2.75) is 57.2 Å². The molecule has 2 fully saturated rings. The van der Waals surface area contributed by atoms with Gasteiger partial charge in [0.15, 0.2) is 0 Å². The number of para-hydroxylation sites is 1. The van der Waals surface area contributed by atoms with Gasteiger partial charge in [-0.05, 0) is 50.4 Å². The van der Waals surface area contributed by atoms with Crippen molar-refractivity contribution in [3.05, 3.63) is 58.9 Å². The normalized spacial score (nSPS) is 21.1. The van der Waals surface area contributed by atoms with Gasteiger partial charge < -0.3 is 0 Å². The van der Waals surface area contributed by atoms with Gasteiger partial charge in [-0.25, -0.2) is 4.98 Å². The number of nitrogens with zero attached hydrogens (tertiary/aromatic N) is 5. The summed E-state index contributed by atoms with van der Waals surface area (Å²) in [5.74, 6) is 0.980. The third-order valence-electron chi connectivity index (χ3n) is 6.36. The molecular formula is C22H27N5O. The van der Waals surface area contributed by atoms with E-state index in [1.54, 1.807) is 0 Å². The Kier molecular flexibility index (Phi) is 4.72. The SMILES string of the molecule is O=c1c2ccccc2nc(C2CCCN2CCn2cccn2)n1C1CCCC1. The molecule has 1 aromatic carbocycles. The van der Waals surface area contributed by atoms with Gasteiger partial charge in [-0.2, -0.15) is 5.10 Å². The Labute approximate surface area is 164 Å². The van der Waals surface area contributed by atoms with Gasteiger partial charge in [-0.1, -0.05) is 25.0 Å². The zero-order chi connectivity index (χ0) is 18.9. The van der Waals surface area contributed by atoms with E-state index in [9.17, 15) is 4.79 Å². The van der Waals surface area contributed by atoms with Crippen molar-refractivity contribution >= 4 is 10.9 Å². The number of fused-ring (bicyclic) bond motifs is 1. The summed E-state index contributed by atoms with van der Waals surface area (Å²) >= 11 is 0. The first kappa shape index (κ1) is 17.6. The monoisotopic (exact) mass is 377 g/mol. The van der Waals surface area contributed by atoms with Crippen LogP contribution in [0.3, 0.4) is 0 Å². The van der Waals surface area contributed by atoms with E-state index >= 15 is 0 Å². The molecule has 146 valence electrons. The van der Waals surface area contributed by atoms with Crippen molar-refractivity contribution < 1.29 is 0 Å². The molecule has 2 aromatic heterocycles. The lowest BCUT2D eigenvalue weighted by Crippen LogP contribution is -2.35. The van der Waals surface area contributed by atoms with Crippen molar-refractivity contribution in [2.24, 2.45) is 0 Å². The summed E-state index contributed by atoms with van der Waals surface area (Å²) in [6, 6.07) is 10.3. The lowest BCUT2D eigenvalue weighted by Gasteiger charge is -2.28. The van der Waals surface area contributed by atoms with E-state index in [1.165, 1.54) is 12.8 Å². The van der Waals surface area contributed by atoms with E-state index in [-0.39, 0.29) is 11.6 Å². The van der Waals surface area contributed by atoms with Gasteiger partial charge in [0.2, 0.25) is 0 Å². The maximum atomic E-state index is 13.4. The number of benzene rings is 1. The molecule has 0 N–H and O–H groups in total. The first-order valence-electron chi connectivity index (χ1n) is 10.5. The second kappa shape index (κ2) is 7.51. The highest BCUT2D eigenvalue weighted by molar-refractivity contribution is 5.77. The van der Waals surface area contributed by atoms with E-state index < -0.39 is 0 Å². The van der Waals surface area contributed by atoms with Gasteiger partial charge in [0, 0.05) is 25.0 Å². The molecule has 3 heterocycles. The van der Waals surface area contributed by atoms with Gasteiger partial charge in [0.25, 0.3) is 5.56 Å². The Balaban J connectivity index is 1.54. The van der Waals surface area contributed by atoms with Gasteiger partial charge in [-0.3, -0.25) is 18.9 Å². The lowest BCUT2D eigenvalue weighted by molar-refractivity contribution is 0.225. The van der Waals surface area contributed by atoms with E-state index in [1.807, 2.05) is 47.4 Å². The Morgan fingerprint density at radius 2 is 1.86 bits per heavy atom. The maximum absolute atomic E-state index is 13.4. The van der Waals surface area contributed by atoms with Crippen LogP contribution in [0.25, 0.3) is 10.9 Å². The molecule has 6 nitrogen and oxygen atoms in total. The van der Waals surface area contributed by atoms with Crippen LogP contribution >= 0.6 is 0 Å². The molecular weight excluding hydrogens is 350 g/mol. The second-order valence-corrected chi connectivity index (χ2v) is 8.06. The van der Waals surface area contributed by atoms with Crippen molar-refractivity contribution in [3.8, 4) is 0 Å². The van der Waals surface area contributed by atoms with Crippen LogP contribution < -0.4 is 5.56 Å². The summed E-state index contributed by atoms with van der Waals surface area (Å²) in [6.07, 6.45) is 10.6. The molecule has 1 aliphatic carbocycles. The number of likely N-dealkylation sites (tertiary alicyclic amines) is 1. The van der Waals surface area contributed by atoms with Crippen LogP contribution in [-0.4, -0.2) is 37.3 Å². The Bertz CT molecular complexity index is 1000. The zero-order valence-electron chi connectivity index (χ0n) is 16.2. The third-order valence-corrected chi connectivity index (χ3v) is 6.36. The van der Waals surface area contributed by atoms with E-state index in [2.05, 4.69) is 14.6 Å². The number of aromatic nitrogens is 4. The quantitative estimate of drug-likeness (QED) is 0.682. The van der Waals surface area contributed by atoms with Crippen molar-refractivity contribution in [3.63, 3.8) is 0 Å². The first-order chi connectivity index (χ1) is 13.8. The summed E-state index contributed by atoms with van der Waals surface area (Å²) in [5.41, 5.74) is 0.974. The summed E-state index contributed by atoms with van der Waals surface area (Å²) in [7, 11) is 0. The summed E-state index contributed by atoms with van der Waals surface area (Å²) in [6.45, 7) is 2.85. The highest BCUT2D eigenvalue weighted by Crippen LogP contribution is 2.35.